The maximum Gasteiger partial charge on any atom is 0.422 e. The SMILES string of the molecule is O=C1c2ccc([N+](=O)[O-])cc2C(=O)N1Cc1ccc(OCC(F)(F)F)cc1. The van der Waals surface area contributed by atoms with Crippen LogP contribution in [0.25, 0.3) is 0 Å². The summed E-state index contributed by atoms with van der Waals surface area (Å²) in [5.74, 6) is -1.27. The van der Waals surface area contributed by atoms with Gasteiger partial charge < -0.3 is 4.74 Å². The molecular formula is C17H11F3N2O5. The Morgan fingerprint density at radius 2 is 1.63 bits per heavy atom. The number of fused-ring (bicyclic) bond motifs is 1. The lowest BCUT2D eigenvalue weighted by Gasteiger charge is -2.14. The fourth-order valence-electron chi connectivity index (χ4n) is 2.57. The van der Waals surface area contributed by atoms with Crippen molar-refractivity contribution in [2.24, 2.45) is 0 Å². The first kappa shape index (κ1) is 18.4. The summed E-state index contributed by atoms with van der Waals surface area (Å²) in [5.41, 5.74) is 0.191. The van der Waals surface area contributed by atoms with E-state index in [2.05, 4.69) is 4.74 Å². The first-order valence-corrected chi connectivity index (χ1v) is 7.59. The lowest BCUT2D eigenvalue weighted by Crippen LogP contribution is -2.29. The number of non-ortho nitro benzene ring substituents is 1. The van der Waals surface area contributed by atoms with Crippen LogP contribution in [0.5, 0.6) is 5.75 Å². The van der Waals surface area contributed by atoms with Crippen LogP contribution in [-0.2, 0) is 6.54 Å². The summed E-state index contributed by atoms with van der Waals surface area (Å²) >= 11 is 0. The number of ether oxygens (including phenoxy) is 1. The van der Waals surface area contributed by atoms with Gasteiger partial charge in [0.15, 0.2) is 6.61 Å². The maximum absolute atomic E-state index is 12.4. The van der Waals surface area contributed by atoms with E-state index >= 15 is 0 Å². The number of alkyl halides is 3. The molecule has 0 aromatic heterocycles. The molecule has 0 bridgehead atoms. The van der Waals surface area contributed by atoms with Crippen LogP contribution in [0.3, 0.4) is 0 Å². The molecule has 0 spiro atoms. The van der Waals surface area contributed by atoms with E-state index in [9.17, 15) is 32.9 Å². The van der Waals surface area contributed by atoms with Gasteiger partial charge in [0.2, 0.25) is 0 Å². The minimum atomic E-state index is -4.46. The average molecular weight is 380 g/mol. The molecule has 2 aromatic carbocycles. The minimum absolute atomic E-state index is 0.00550. The van der Waals surface area contributed by atoms with E-state index < -0.39 is 29.5 Å². The van der Waals surface area contributed by atoms with Crippen molar-refractivity contribution in [1.29, 1.82) is 0 Å². The van der Waals surface area contributed by atoms with Gasteiger partial charge in [0.25, 0.3) is 17.5 Å². The van der Waals surface area contributed by atoms with Gasteiger partial charge in [-0.2, -0.15) is 13.2 Å². The highest BCUT2D eigenvalue weighted by Crippen LogP contribution is 2.28. The number of nitrogens with zero attached hydrogens (tertiary/aromatic N) is 2. The molecule has 0 saturated carbocycles. The third-order valence-corrected chi connectivity index (χ3v) is 3.83. The predicted octanol–water partition coefficient (Wildman–Crippen LogP) is 3.33. The Balaban J connectivity index is 1.73. The molecular weight excluding hydrogens is 369 g/mol. The number of rotatable bonds is 5. The van der Waals surface area contributed by atoms with Gasteiger partial charge in [0, 0.05) is 12.1 Å². The number of hydrogen-bond acceptors (Lipinski definition) is 5. The molecule has 0 N–H and O–H groups in total. The second-order valence-corrected chi connectivity index (χ2v) is 5.73. The summed E-state index contributed by atoms with van der Waals surface area (Å²) in [6, 6.07) is 8.86. The molecule has 0 saturated heterocycles. The second-order valence-electron chi connectivity index (χ2n) is 5.73. The van der Waals surface area contributed by atoms with Gasteiger partial charge in [0.05, 0.1) is 22.6 Å². The molecule has 0 fully saturated rings. The normalized spacial score (nSPS) is 13.7. The Hall–Kier alpha value is -3.43. The molecule has 140 valence electrons. The highest BCUT2D eigenvalue weighted by molar-refractivity contribution is 6.21. The van der Waals surface area contributed by atoms with E-state index in [1.807, 2.05) is 0 Å². The number of hydrogen-bond donors (Lipinski definition) is 0. The average Bonchev–Trinajstić information content (AvgIpc) is 2.85. The fraction of sp³-hybridized carbons (Fsp3) is 0.176. The molecule has 0 atom stereocenters. The summed E-state index contributed by atoms with van der Waals surface area (Å²) in [5, 5.41) is 10.8. The Labute approximate surface area is 150 Å². The van der Waals surface area contributed by atoms with Crippen molar-refractivity contribution in [2.45, 2.75) is 12.7 Å². The Morgan fingerprint density at radius 3 is 2.22 bits per heavy atom. The highest BCUT2D eigenvalue weighted by Gasteiger charge is 2.36. The summed E-state index contributed by atoms with van der Waals surface area (Å²) in [7, 11) is 0. The van der Waals surface area contributed by atoms with Crippen molar-refractivity contribution in [2.75, 3.05) is 6.61 Å². The molecule has 2 amide bonds. The third kappa shape index (κ3) is 3.89. The molecule has 0 radical (unpaired) electrons. The zero-order chi connectivity index (χ0) is 19.8. The number of nitro benzene ring substituents is 1. The zero-order valence-corrected chi connectivity index (χ0v) is 13.5. The molecule has 0 unspecified atom stereocenters. The number of amides is 2. The molecule has 7 nitrogen and oxygen atoms in total. The molecule has 1 heterocycles. The largest absolute Gasteiger partial charge is 0.484 e. The predicted molar refractivity (Wildman–Crippen MR) is 85.3 cm³/mol. The minimum Gasteiger partial charge on any atom is -0.484 e. The van der Waals surface area contributed by atoms with Crippen LogP contribution in [0.4, 0.5) is 18.9 Å². The van der Waals surface area contributed by atoms with Crippen LogP contribution in [0.1, 0.15) is 26.3 Å². The van der Waals surface area contributed by atoms with Gasteiger partial charge in [-0.3, -0.25) is 24.6 Å². The van der Waals surface area contributed by atoms with Crippen molar-refractivity contribution in [3.63, 3.8) is 0 Å². The van der Waals surface area contributed by atoms with Crippen molar-refractivity contribution < 1.29 is 32.4 Å². The van der Waals surface area contributed by atoms with Crippen molar-refractivity contribution in [3.8, 4) is 5.75 Å². The summed E-state index contributed by atoms with van der Waals surface area (Å²) in [4.78, 5) is 35.8. The second kappa shape index (κ2) is 6.71. The summed E-state index contributed by atoms with van der Waals surface area (Å²) in [6.07, 6.45) is -4.46. The van der Waals surface area contributed by atoms with Crippen LogP contribution in [0, 0.1) is 10.1 Å². The Bertz CT molecular complexity index is 925. The lowest BCUT2D eigenvalue weighted by molar-refractivity contribution is -0.384. The molecule has 27 heavy (non-hydrogen) atoms. The number of carbonyl (C=O) groups is 2. The lowest BCUT2D eigenvalue weighted by atomic mass is 10.1. The van der Waals surface area contributed by atoms with Gasteiger partial charge >= 0.3 is 6.18 Å². The van der Waals surface area contributed by atoms with E-state index in [-0.39, 0.29) is 29.1 Å². The van der Waals surface area contributed by atoms with Gasteiger partial charge in [-0.15, -0.1) is 0 Å². The van der Waals surface area contributed by atoms with Crippen LogP contribution >= 0.6 is 0 Å². The number of nitro groups is 1. The van der Waals surface area contributed by atoms with Gasteiger partial charge in [-0.1, -0.05) is 12.1 Å². The molecule has 3 rings (SSSR count). The number of carbonyl (C=O) groups excluding carboxylic acids is 2. The summed E-state index contributed by atoms with van der Waals surface area (Å²) in [6.45, 7) is -1.55. The maximum atomic E-state index is 12.4. The quantitative estimate of drug-likeness (QED) is 0.451. The zero-order valence-electron chi connectivity index (χ0n) is 13.5. The van der Waals surface area contributed by atoms with E-state index in [0.29, 0.717) is 5.56 Å². The Kier molecular flexibility index (Phi) is 4.56. The van der Waals surface area contributed by atoms with Crippen LogP contribution < -0.4 is 4.74 Å². The van der Waals surface area contributed by atoms with Crippen LogP contribution in [-0.4, -0.2) is 34.4 Å². The van der Waals surface area contributed by atoms with Crippen molar-refractivity contribution in [1.82, 2.24) is 4.90 Å². The fourth-order valence-corrected chi connectivity index (χ4v) is 2.57. The van der Waals surface area contributed by atoms with Crippen molar-refractivity contribution in [3.05, 3.63) is 69.3 Å². The van der Waals surface area contributed by atoms with Crippen LogP contribution in [0.2, 0.25) is 0 Å². The molecule has 1 aliphatic heterocycles. The van der Waals surface area contributed by atoms with E-state index in [1.54, 1.807) is 0 Å². The standard InChI is InChI=1S/C17H11F3N2O5/c18-17(19,20)9-27-12-4-1-10(2-5-12)8-21-15(23)13-6-3-11(22(25)26)7-14(13)16(21)24/h1-7H,8-9H2. The topological polar surface area (TPSA) is 89.8 Å². The first-order valence-electron chi connectivity index (χ1n) is 7.59. The molecule has 10 heteroatoms. The monoisotopic (exact) mass is 380 g/mol. The molecule has 0 aliphatic carbocycles. The molecule has 1 aliphatic rings. The van der Waals surface area contributed by atoms with Crippen LogP contribution in [0.15, 0.2) is 42.5 Å². The van der Waals surface area contributed by atoms with E-state index in [0.717, 1.165) is 17.0 Å². The van der Waals surface area contributed by atoms with Gasteiger partial charge in [-0.05, 0) is 23.8 Å². The Morgan fingerprint density at radius 1 is 1.00 bits per heavy atom. The number of imide groups is 1. The van der Waals surface area contributed by atoms with E-state index in [1.165, 1.54) is 30.3 Å². The third-order valence-electron chi connectivity index (χ3n) is 3.83. The van der Waals surface area contributed by atoms with E-state index in [4.69, 9.17) is 0 Å². The van der Waals surface area contributed by atoms with Gasteiger partial charge in [0.1, 0.15) is 5.75 Å². The summed E-state index contributed by atoms with van der Waals surface area (Å²) < 4.78 is 41.0. The molecule has 2 aromatic rings. The number of halogens is 3. The van der Waals surface area contributed by atoms with Gasteiger partial charge in [-0.25, -0.2) is 0 Å². The highest BCUT2D eigenvalue weighted by atomic mass is 19.4. The first-order chi connectivity index (χ1) is 12.7. The van der Waals surface area contributed by atoms with Crippen molar-refractivity contribution >= 4 is 17.5 Å². The smallest absolute Gasteiger partial charge is 0.422 e. The number of benzene rings is 2.